The zero-order valence-corrected chi connectivity index (χ0v) is 48.0. The van der Waals surface area contributed by atoms with Gasteiger partial charge in [-0.25, -0.2) is 9.67 Å². The maximum atomic E-state index is 5.46. The molecule has 388 valence electrons. The zero-order chi connectivity index (χ0) is 53.9. The molecule has 0 radical (unpaired) electrons. The summed E-state index contributed by atoms with van der Waals surface area (Å²) in [7, 11) is 0. The molecule has 0 aliphatic rings. The summed E-state index contributed by atoms with van der Waals surface area (Å²) in [5.41, 5.74) is 27.3. The van der Waals surface area contributed by atoms with Crippen molar-refractivity contribution in [2.24, 2.45) is 0 Å². The van der Waals surface area contributed by atoms with Gasteiger partial charge in [-0.15, -0.1) is 5.10 Å². The Hall–Kier alpha value is -7.10. The minimum atomic E-state index is 0.0804. The molecular formula is C73H81N3. The van der Waals surface area contributed by atoms with Gasteiger partial charge in [0.2, 0.25) is 0 Å². The highest BCUT2D eigenvalue weighted by Gasteiger charge is 2.24. The molecule has 3 nitrogen and oxygen atoms in total. The molecule has 0 saturated heterocycles. The monoisotopic (exact) mass is 1000 g/mol. The van der Waals surface area contributed by atoms with Crippen LogP contribution in [0.2, 0.25) is 0 Å². The third kappa shape index (κ3) is 11.7. The van der Waals surface area contributed by atoms with Crippen LogP contribution >= 0.6 is 0 Å². The van der Waals surface area contributed by atoms with E-state index >= 15 is 0 Å². The fourth-order valence-electron chi connectivity index (χ4n) is 11.0. The van der Waals surface area contributed by atoms with E-state index in [0.717, 1.165) is 54.1 Å². The first-order valence-electron chi connectivity index (χ1n) is 28.3. The number of benzene rings is 8. The van der Waals surface area contributed by atoms with Crippen LogP contribution < -0.4 is 0 Å². The molecule has 9 rings (SSSR count). The number of nitrogens with zero attached hydrogens (tertiary/aromatic N) is 3. The number of hydrogen-bond donors (Lipinski definition) is 0. The van der Waals surface area contributed by atoms with Crippen molar-refractivity contribution in [1.82, 2.24) is 14.8 Å². The third-order valence-corrected chi connectivity index (χ3v) is 15.9. The fraction of sp³-hybridized carbons (Fsp3) is 0.315. The van der Waals surface area contributed by atoms with Gasteiger partial charge in [-0.3, -0.25) is 0 Å². The smallest absolute Gasteiger partial charge is 0.181 e. The molecule has 9 aromatic rings. The lowest BCUT2D eigenvalue weighted by atomic mass is 9.83. The van der Waals surface area contributed by atoms with Crippen LogP contribution in [0.4, 0.5) is 0 Å². The van der Waals surface area contributed by atoms with Gasteiger partial charge < -0.3 is 0 Å². The van der Waals surface area contributed by atoms with E-state index in [-0.39, 0.29) is 10.8 Å². The fourth-order valence-corrected chi connectivity index (χ4v) is 11.0. The largest absolute Gasteiger partial charge is 0.217 e. The molecule has 0 amide bonds. The number of hydrogen-bond acceptors (Lipinski definition) is 2. The van der Waals surface area contributed by atoms with Crippen molar-refractivity contribution in [3.8, 4) is 83.8 Å². The third-order valence-electron chi connectivity index (χ3n) is 15.9. The molecule has 0 unspecified atom stereocenters. The molecule has 0 aliphatic carbocycles. The Morgan fingerprint density at radius 2 is 0.737 bits per heavy atom. The lowest BCUT2D eigenvalue weighted by molar-refractivity contribution is 0.590. The zero-order valence-electron chi connectivity index (χ0n) is 48.0. The van der Waals surface area contributed by atoms with Gasteiger partial charge in [0.1, 0.15) is 5.82 Å². The molecule has 76 heavy (non-hydrogen) atoms. The first-order valence-corrected chi connectivity index (χ1v) is 28.3. The summed E-state index contributed by atoms with van der Waals surface area (Å²) >= 11 is 0. The van der Waals surface area contributed by atoms with Crippen molar-refractivity contribution in [2.45, 2.75) is 152 Å². The van der Waals surface area contributed by atoms with Gasteiger partial charge >= 0.3 is 0 Å². The highest BCUT2D eigenvalue weighted by molar-refractivity contribution is 5.86. The van der Waals surface area contributed by atoms with Crippen molar-refractivity contribution >= 4 is 0 Å². The second-order valence-electron chi connectivity index (χ2n) is 23.7. The maximum absolute atomic E-state index is 5.46. The Bertz CT molecular complexity index is 3290. The van der Waals surface area contributed by atoms with Crippen LogP contribution in [-0.2, 0) is 30.1 Å². The van der Waals surface area contributed by atoms with Crippen LogP contribution in [-0.4, -0.2) is 14.8 Å². The summed E-state index contributed by atoms with van der Waals surface area (Å²) in [5, 5.41) is 5.46. The summed E-state index contributed by atoms with van der Waals surface area (Å²) in [6, 6.07) is 60.0. The molecule has 3 heteroatoms. The molecule has 0 bridgehead atoms. The number of unbranched alkanes of at least 4 members (excludes halogenated alkanes) is 2. The first-order chi connectivity index (χ1) is 36.4. The van der Waals surface area contributed by atoms with Crippen molar-refractivity contribution in [3.05, 3.63) is 208 Å². The molecule has 0 aliphatic heterocycles. The van der Waals surface area contributed by atoms with Crippen molar-refractivity contribution in [3.63, 3.8) is 0 Å². The van der Waals surface area contributed by atoms with Crippen LogP contribution in [0.1, 0.15) is 145 Å². The second-order valence-corrected chi connectivity index (χ2v) is 23.7. The maximum Gasteiger partial charge on any atom is 0.181 e. The van der Waals surface area contributed by atoms with Gasteiger partial charge in [0.15, 0.2) is 5.82 Å². The minimum absolute atomic E-state index is 0.0804. The van der Waals surface area contributed by atoms with E-state index in [4.69, 9.17) is 10.1 Å². The number of rotatable bonds is 16. The molecule has 0 saturated carbocycles. The molecule has 0 atom stereocenters. The van der Waals surface area contributed by atoms with Gasteiger partial charge in [0, 0.05) is 12.0 Å². The quantitative estimate of drug-likeness (QED) is 0.0966. The molecular weight excluding hydrogens is 919 g/mol. The van der Waals surface area contributed by atoms with Crippen LogP contribution in [0.5, 0.6) is 0 Å². The standard InChI is InChI=1S/C73H81N3/c1-14-17-21-52-25-29-54(30-26-52)60-42-61(55-31-27-53(28-32-55)22-18-15-2)45-64(44-60)58-23-19-24-59(41-58)71-74-68(20-16-3)76(75-71)70-50(6)48(4)69(49(5)51(70)7)65-46-62(56-33-37-66(38-34-56)72(8,9)10)43-63(47-65)57-35-39-67(40-36-57)73(11,12)13/h19,23-47H,14-18,20-22H2,1-13H3. The number of aromatic nitrogens is 3. The van der Waals surface area contributed by atoms with E-state index in [9.17, 15) is 0 Å². The first kappa shape index (κ1) is 53.7. The van der Waals surface area contributed by atoms with Gasteiger partial charge in [-0.05, 0) is 224 Å². The lowest BCUT2D eigenvalue weighted by Crippen LogP contribution is -2.11. The van der Waals surface area contributed by atoms with Gasteiger partial charge in [-0.2, -0.15) is 0 Å². The average molecular weight is 1000 g/mol. The SMILES string of the molecule is CCCCc1ccc(-c2cc(-c3ccc(CCCC)cc3)cc(-c3cccc(-c4nc(CCC)n(-c5c(C)c(C)c(-c6cc(-c7ccc(C(C)(C)C)cc7)cc(-c7ccc(C(C)(C)C)cc7)c6)c(C)c5C)n4)c3)c2)cc1. The Morgan fingerprint density at radius 1 is 0.368 bits per heavy atom. The normalized spacial score (nSPS) is 11.9. The average Bonchev–Trinajstić information content (AvgIpc) is 3.89. The van der Waals surface area contributed by atoms with Crippen molar-refractivity contribution < 1.29 is 0 Å². The summed E-state index contributed by atoms with van der Waals surface area (Å²) in [6.45, 7) is 29.6. The van der Waals surface area contributed by atoms with Crippen LogP contribution in [0.15, 0.2) is 158 Å². The molecule has 0 N–H and O–H groups in total. The van der Waals surface area contributed by atoms with Gasteiger partial charge in [0.25, 0.3) is 0 Å². The molecule has 0 spiro atoms. The van der Waals surface area contributed by atoms with Crippen LogP contribution in [0.25, 0.3) is 83.8 Å². The summed E-state index contributed by atoms with van der Waals surface area (Å²) in [4.78, 5) is 5.38. The Labute approximate surface area is 456 Å². The Morgan fingerprint density at radius 3 is 1.13 bits per heavy atom. The molecule has 1 aromatic heterocycles. The van der Waals surface area contributed by atoms with Crippen LogP contribution in [0.3, 0.4) is 0 Å². The van der Waals surface area contributed by atoms with E-state index in [1.165, 1.54) is 131 Å². The summed E-state index contributed by atoms with van der Waals surface area (Å²) < 4.78 is 2.17. The van der Waals surface area contributed by atoms with Crippen LogP contribution in [0, 0.1) is 27.7 Å². The minimum Gasteiger partial charge on any atom is -0.217 e. The summed E-state index contributed by atoms with van der Waals surface area (Å²) in [5.74, 6) is 1.73. The van der Waals surface area contributed by atoms with E-state index in [2.05, 4.69) is 252 Å². The Balaban J connectivity index is 1.12. The van der Waals surface area contributed by atoms with Crippen molar-refractivity contribution in [2.75, 3.05) is 0 Å². The Kier molecular flexibility index (Phi) is 16.0. The van der Waals surface area contributed by atoms with Gasteiger partial charge in [0.05, 0.1) is 5.69 Å². The van der Waals surface area contributed by atoms with Crippen molar-refractivity contribution in [1.29, 1.82) is 0 Å². The second kappa shape index (κ2) is 22.6. The van der Waals surface area contributed by atoms with E-state index in [1.54, 1.807) is 0 Å². The topological polar surface area (TPSA) is 30.7 Å². The highest BCUT2D eigenvalue weighted by atomic mass is 15.4. The highest BCUT2D eigenvalue weighted by Crippen LogP contribution is 2.42. The van der Waals surface area contributed by atoms with E-state index < -0.39 is 0 Å². The number of aryl methyl sites for hydroxylation is 3. The molecule has 8 aromatic carbocycles. The van der Waals surface area contributed by atoms with E-state index in [0.29, 0.717) is 0 Å². The van der Waals surface area contributed by atoms with E-state index in [1.807, 2.05) is 0 Å². The predicted octanol–water partition coefficient (Wildman–Crippen LogP) is 20.4. The molecule has 1 heterocycles. The molecule has 0 fully saturated rings. The van der Waals surface area contributed by atoms with Gasteiger partial charge in [-0.1, -0.05) is 190 Å². The summed E-state index contributed by atoms with van der Waals surface area (Å²) in [6.07, 6.45) is 8.83. The predicted molar refractivity (Wildman–Crippen MR) is 327 cm³/mol. The lowest BCUT2D eigenvalue weighted by Gasteiger charge is -2.23.